The highest BCUT2D eigenvalue weighted by atomic mass is 35.5. The van der Waals surface area contributed by atoms with Gasteiger partial charge in [-0.05, 0) is 87.1 Å². The van der Waals surface area contributed by atoms with Gasteiger partial charge in [-0.1, -0.05) is 40.5 Å². The Balaban J connectivity index is 1.04. The summed E-state index contributed by atoms with van der Waals surface area (Å²) in [6.07, 6.45) is 9.37. The van der Waals surface area contributed by atoms with Gasteiger partial charge in [-0.2, -0.15) is 0 Å². The second-order valence-electron chi connectivity index (χ2n) is 11.8. The number of benzene rings is 2. The Morgan fingerprint density at radius 1 is 1.03 bits per heavy atom. The van der Waals surface area contributed by atoms with E-state index in [4.69, 9.17) is 27.7 Å². The third kappa shape index (κ3) is 4.21. The summed E-state index contributed by atoms with van der Waals surface area (Å²) in [7, 11) is 0. The van der Waals surface area contributed by atoms with Crippen LogP contribution in [0.4, 0.5) is 5.69 Å². The molecule has 4 aliphatic rings. The first-order valence-corrected chi connectivity index (χ1v) is 14.4. The van der Waals surface area contributed by atoms with Gasteiger partial charge in [-0.3, -0.25) is 0 Å². The molecule has 2 aliphatic carbocycles. The van der Waals surface area contributed by atoms with Gasteiger partial charge in [-0.25, -0.2) is 4.79 Å². The zero-order chi connectivity index (χ0) is 26.0. The lowest BCUT2D eigenvalue weighted by Crippen LogP contribution is -2.57. The van der Waals surface area contributed by atoms with Crippen LogP contribution in [-0.4, -0.2) is 34.4 Å². The average molecular weight is 553 g/mol. The predicted molar refractivity (Wildman–Crippen MR) is 148 cm³/mol. The van der Waals surface area contributed by atoms with Crippen LogP contribution in [0.15, 0.2) is 47.0 Å². The van der Waals surface area contributed by atoms with Crippen molar-refractivity contribution in [3.05, 3.63) is 69.4 Å². The van der Waals surface area contributed by atoms with E-state index in [-0.39, 0.29) is 0 Å². The molecular weight excluding hydrogens is 521 g/mol. The lowest BCUT2D eigenvalue weighted by molar-refractivity contribution is 0.0348. The molecule has 2 saturated carbocycles. The molecule has 3 aromatic rings. The Morgan fingerprint density at radius 2 is 1.71 bits per heavy atom. The van der Waals surface area contributed by atoms with Crippen molar-refractivity contribution < 1.29 is 14.4 Å². The Morgan fingerprint density at radius 3 is 2.37 bits per heavy atom. The van der Waals surface area contributed by atoms with Crippen molar-refractivity contribution in [2.45, 2.75) is 82.0 Å². The van der Waals surface area contributed by atoms with Crippen LogP contribution in [0.2, 0.25) is 10.0 Å². The third-order valence-electron chi connectivity index (χ3n) is 9.24. The lowest BCUT2D eigenvalue weighted by atomic mass is 9.58. The summed E-state index contributed by atoms with van der Waals surface area (Å²) >= 11 is 13.1. The summed E-state index contributed by atoms with van der Waals surface area (Å²) in [6, 6.07) is 14.5. The summed E-state index contributed by atoms with van der Waals surface area (Å²) in [5.74, 6) is 0.562. The first-order valence-electron chi connectivity index (χ1n) is 13.7. The summed E-state index contributed by atoms with van der Waals surface area (Å²) in [5, 5.41) is 18.9. The minimum Gasteiger partial charge on any atom is -0.478 e. The van der Waals surface area contributed by atoms with Gasteiger partial charge in [-0.15, -0.1) is 0 Å². The molecule has 6 nitrogen and oxygen atoms in total. The van der Waals surface area contributed by atoms with Gasteiger partial charge in [0.2, 0.25) is 0 Å². The summed E-state index contributed by atoms with van der Waals surface area (Å²) in [5.41, 5.74) is 4.42. The van der Waals surface area contributed by atoms with Crippen LogP contribution in [0.1, 0.15) is 79.0 Å². The predicted octanol–water partition coefficient (Wildman–Crippen LogP) is 7.29. The Kier molecular flexibility index (Phi) is 5.99. The zero-order valence-corrected chi connectivity index (χ0v) is 22.6. The fourth-order valence-corrected chi connectivity index (χ4v) is 8.03. The number of carboxylic acid groups (broad SMARTS) is 1. The first kappa shape index (κ1) is 24.5. The largest absolute Gasteiger partial charge is 0.478 e. The van der Waals surface area contributed by atoms with Gasteiger partial charge in [0.15, 0.2) is 0 Å². The van der Waals surface area contributed by atoms with Crippen molar-refractivity contribution in [1.82, 2.24) is 10.5 Å². The Labute approximate surface area is 232 Å². The van der Waals surface area contributed by atoms with Crippen LogP contribution in [0.5, 0.6) is 0 Å². The molecule has 2 unspecified atom stereocenters. The number of fused-ring (bicyclic) bond motifs is 2. The molecule has 1 spiro atoms. The van der Waals surface area contributed by atoms with Gasteiger partial charge in [0.25, 0.3) is 0 Å². The van der Waals surface area contributed by atoms with Crippen LogP contribution in [-0.2, 0) is 6.54 Å². The van der Waals surface area contributed by atoms with E-state index in [1.54, 1.807) is 6.07 Å². The van der Waals surface area contributed by atoms with Crippen LogP contribution in [0.3, 0.4) is 0 Å². The number of aromatic nitrogens is 1. The number of carbonyl (C=O) groups is 1. The molecule has 4 fully saturated rings. The number of halogens is 2. The van der Waals surface area contributed by atoms with Crippen LogP contribution in [0.25, 0.3) is 11.3 Å². The van der Waals surface area contributed by atoms with Gasteiger partial charge in [0, 0.05) is 47.4 Å². The standard InChI is InChI=1S/C30H31Cl2N3O3/c31-24-5-2-6-25(32)26(24)27-23(28(38-34-27)17-7-8-17)16-33-19-12-30(13-19)14-21-9-10-22(15-30)35(21)20-4-1-3-18(11-20)29(36)37/h1-6,11,17,19,21-22,33H,7-10,12-16H2,(H,36,37). The molecule has 198 valence electrons. The highest BCUT2D eigenvalue weighted by Crippen LogP contribution is 2.57. The molecule has 2 aliphatic heterocycles. The SMILES string of the molecule is O=C(O)c1cccc(N2C3CCC2CC2(CC(NCc4c(-c5c(Cl)cccc5Cl)noc4C4CC4)C2)C3)c1. The fourth-order valence-electron chi connectivity index (χ4n) is 7.46. The number of nitrogens with zero attached hydrogens (tertiary/aromatic N) is 2. The quantitative estimate of drug-likeness (QED) is 0.321. The van der Waals surface area contributed by atoms with Crippen molar-refractivity contribution >= 4 is 34.9 Å². The number of rotatable bonds is 7. The Bertz CT molecular complexity index is 1360. The van der Waals surface area contributed by atoms with Crippen molar-refractivity contribution in [3.8, 4) is 11.3 Å². The second-order valence-corrected chi connectivity index (χ2v) is 12.6. The maximum atomic E-state index is 11.5. The molecular formula is C30H31Cl2N3O3. The smallest absolute Gasteiger partial charge is 0.335 e. The molecule has 2 aromatic carbocycles. The molecule has 2 saturated heterocycles. The Hall–Kier alpha value is -2.54. The lowest BCUT2D eigenvalue weighted by Gasteiger charge is -2.56. The van der Waals surface area contributed by atoms with E-state index in [1.807, 2.05) is 30.3 Å². The number of nitrogens with one attached hydrogen (secondary N) is 1. The molecule has 38 heavy (non-hydrogen) atoms. The van der Waals surface area contributed by atoms with Crippen LogP contribution < -0.4 is 10.2 Å². The number of hydrogen-bond donors (Lipinski definition) is 2. The van der Waals surface area contributed by atoms with E-state index in [1.165, 1.54) is 38.5 Å². The van der Waals surface area contributed by atoms with Gasteiger partial charge >= 0.3 is 5.97 Å². The minimum atomic E-state index is -0.863. The molecule has 2 atom stereocenters. The van der Waals surface area contributed by atoms with Crippen molar-refractivity contribution in [2.75, 3.05) is 4.90 Å². The fraction of sp³-hybridized carbons (Fsp3) is 0.467. The monoisotopic (exact) mass is 551 g/mol. The van der Waals surface area contributed by atoms with Crippen molar-refractivity contribution in [2.24, 2.45) is 5.41 Å². The van der Waals surface area contributed by atoms with E-state index < -0.39 is 5.97 Å². The van der Waals surface area contributed by atoms with E-state index in [0.29, 0.717) is 51.6 Å². The number of carboxylic acids is 1. The maximum absolute atomic E-state index is 11.5. The molecule has 1 aromatic heterocycles. The topological polar surface area (TPSA) is 78.6 Å². The average Bonchev–Trinajstić information content (AvgIpc) is 3.58. The second kappa shape index (κ2) is 9.29. The molecule has 8 heteroatoms. The molecule has 2 bridgehead atoms. The normalized spacial score (nSPS) is 28.1. The van der Waals surface area contributed by atoms with Gasteiger partial charge in [0.05, 0.1) is 15.6 Å². The molecule has 0 radical (unpaired) electrons. The van der Waals surface area contributed by atoms with Crippen molar-refractivity contribution in [3.63, 3.8) is 0 Å². The first-order chi connectivity index (χ1) is 18.4. The number of aromatic carboxylic acids is 1. The van der Waals surface area contributed by atoms with Crippen LogP contribution in [0, 0.1) is 5.41 Å². The summed E-state index contributed by atoms with van der Waals surface area (Å²) < 4.78 is 5.84. The number of hydrogen-bond acceptors (Lipinski definition) is 5. The van der Waals surface area contributed by atoms with E-state index in [0.717, 1.165) is 41.1 Å². The third-order valence-corrected chi connectivity index (χ3v) is 9.87. The van der Waals surface area contributed by atoms with Crippen molar-refractivity contribution in [1.29, 1.82) is 0 Å². The minimum absolute atomic E-state index is 0.367. The summed E-state index contributed by atoms with van der Waals surface area (Å²) in [4.78, 5) is 14.0. The molecule has 0 amide bonds. The molecule has 2 N–H and O–H groups in total. The maximum Gasteiger partial charge on any atom is 0.335 e. The number of anilines is 1. The molecule has 7 rings (SSSR count). The van der Waals surface area contributed by atoms with Crippen LogP contribution >= 0.6 is 23.2 Å². The van der Waals surface area contributed by atoms with E-state index >= 15 is 0 Å². The van der Waals surface area contributed by atoms with E-state index in [2.05, 4.69) is 21.4 Å². The van der Waals surface area contributed by atoms with Gasteiger partial charge in [0.1, 0.15) is 11.5 Å². The van der Waals surface area contributed by atoms with E-state index in [9.17, 15) is 9.90 Å². The highest BCUT2D eigenvalue weighted by Gasteiger charge is 2.54. The highest BCUT2D eigenvalue weighted by molar-refractivity contribution is 6.39. The zero-order valence-electron chi connectivity index (χ0n) is 21.1. The number of piperidine rings is 1. The molecule has 3 heterocycles. The van der Waals surface area contributed by atoms with Gasteiger partial charge < -0.3 is 19.8 Å². The summed E-state index contributed by atoms with van der Waals surface area (Å²) in [6.45, 7) is 0.702.